The van der Waals surface area contributed by atoms with Crippen LogP contribution in [-0.2, 0) is 0 Å². The molecule has 4 aromatic rings. The highest BCUT2D eigenvalue weighted by Gasteiger charge is 2.19. The van der Waals surface area contributed by atoms with Gasteiger partial charge in [-0.25, -0.2) is 4.98 Å². The monoisotopic (exact) mass is 333 g/mol. The molecule has 1 atom stereocenters. The van der Waals surface area contributed by atoms with E-state index in [1.807, 2.05) is 60.7 Å². The number of nitrogens with zero attached hydrogens (tertiary/aromatic N) is 2. The molecule has 3 aromatic carbocycles. The second-order valence-corrected chi connectivity index (χ2v) is 6.10. The van der Waals surface area contributed by atoms with E-state index < -0.39 is 0 Å². The summed E-state index contributed by atoms with van der Waals surface area (Å²) < 4.78 is 2.11. The maximum atomic E-state index is 6.55. The summed E-state index contributed by atoms with van der Waals surface area (Å²) in [5, 5.41) is 0.672. The first kappa shape index (κ1) is 14.9. The summed E-state index contributed by atoms with van der Waals surface area (Å²) in [6.07, 6.45) is 0. The Morgan fingerprint density at radius 2 is 1.62 bits per heavy atom. The zero-order valence-corrected chi connectivity index (χ0v) is 13.7. The van der Waals surface area contributed by atoms with Crippen LogP contribution in [0.15, 0.2) is 78.9 Å². The lowest BCUT2D eigenvalue weighted by molar-refractivity contribution is 0.766. The lowest BCUT2D eigenvalue weighted by Crippen LogP contribution is -2.17. The van der Waals surface area contributed by atoms with E-state index >= 15 is 0 Å². The molecule has 0 saturated heterocycles. The molecule has 0 aliphatic carbocycles. The summed E-state index contributed by atoms with van der Waals surface area (Å²) >= 11 is 6.13. The van der Waals surface area contributed by atoms with Gasteiger partial charge in [-0.3, -0.25) is 4.57 Å². The van der Waals surface area contributed by atoms with E-state index in [4.69, 9.17) is 22.3 Å². The van der Waals surface area contributed by atoms with E-state index in [1.165, 1.54) is 0 Å². The van der Waals surface area contributed by atoms with E-state index in [0.717, 1.165) is 28.1 Å². The van der Waals surface area contributed by atoms with Gasteiger partial charge < -0.3 is 5.73 Å². The largest absolute Gasteiger partial charge is 0.318 e. The van der Waals surface area contributed by atoms with E-state index in [9.17, 15) is 0 Å². The predicted octanol–water partition coefficient (Wildman–Crippen LogP) is 4.73. The van der Waals surface area contributed by atoms with Crippen LogP contribution in [0.4, 0.5) is 0 Å². The Labute approximate surface area is 145 Å². The van der Waals surface area contributed by atoms with Crippen molar-refractivity contribution in [3.63, 3.8) is 0 Å². The minimum absolute atomic E-state index is 0.365. The van der Waals surface area contributed by atoms with Gasteiger partial charge >= 0.3 is 0 Å². The fraction of sp³-hybridized carbons (Fsp3) is 0.0500. The first-order valence-corrected chi connectivity index (χ1v) is 8.16. The summed E-state index contributed by atoms with van der Waals surface area (Å²) in [5.74, 6) is 0.796. The lowest BCUT2D eigenvalue weighted by Gasteiger charge is -2.15. The number of hydrogen-bond donors (Lipinski definition) is 1. The summed E-state index contributed by atoms with van der Waals surface area (Å²) in [7, 11) is 0. The van der Waals surface area contributed by atoms with Crippen LogP contribution in [0.5, 0.6) is 0 Å². The molecule has 0 radical (unpaired) electrons. The third-order valence-electron chi connectivity index (χ3n) is 4.09. The smallest absolute Gasteiger partial charge is 0.136 e. The average Bonchev–Trinajstić information content (AvgIpc) is 3.01. The normalized spacial score (nSPS) is 12.4. The number of aromatic nitrogens is 2. The van der Waals surface area contributed by atoms with Crippen molar-refractivity contribution in [2.24, 2.45) is 5.73 Å². The summed E-state index contributed by atoms with van der Waals surface area (Å²) in [6, 6.07) is 25.5. The SMILES string of the molecule is NC(c1cccc(Cl)c1)c1nc2ccccc2n1-c1ccccc1. The van der Waals surface area contributed by atoms with Gasteiger partial charge in [0.2, 0.25) is 0 Å². The van der Waals surface area contributed by atoms with Gasteiger partial charge in [0, 0.05) is 10.7 Å². The Morgan fingerprint density at radius 3 is 2.42 bits per heavy atom. The molecule has 0 aliphatic heterocycles. The molecular weight excluding hydrogens is 318 g/mol. The first-order chi connectivity index (χ1) is 11.7. The van der Waals surface area contributed by atoms with Crippen LogP contribution in [0.25, 0.3) is 16.7 Å². The number of imidazole rings is 1. The zero-order chi connectivity index (χ0) is 16.5. The number of halogens is 1. The van der Waals surface area contributed by atoms with E-state index in [1.54, 1.807) is 0 Å². The standard InChI is InChI=1S/C20H16ClN3/c21-15-8-6-7-14(13-15)19(22)20-23-17-11-4-5-12-18(17)24(20)16-9-2-1-3-10-16/h1-13,19H,22H2. The molecular formula is C20H16ClN3. The molecule has 0 fully saturated rings. The molecule has 0 amide bonds. The minimum Gasteiger partial charge on any atom is -0.318 e. The molecule has 0 bridgehead atoms. The molecule has 118 valence electrons. The van der Waals surface area contributed by atoms with Gasteiger partial charge in [-0.1, -0.05) is 54.1 Å². The molecule has 0 aliphatic rings. The Hall–Kier alpha value is -2.62. The van der Waals surface area contributed by atoms with Crippen LogP contribution < -0.4 is 5.73 Å². The molecule has 1 aromatic heterocycles. The van der Waals surface area contributed by atoms with E-state index in [-0.39, 0.29) is 6.04 Å². The number of para-hydroxylation sites is 3. The molecule has 24 heavy (non-hydrogen) atoms. The van der Waals surface area contributed by atoms with Crippen molar-refractivity contribution in [3.8, 4) is 5.69 Å². The van der Waals surface area contributed by atoms with Gasteiger partial charge in [-0.2, -0.15) is 0 Å². The van der Waals surface area contributed by atoms with Crippen molar-refractivity contribution in [3.05, 3.63) is 95.3 Å². The van der Waals surface area contributed by atoms with Crippen LogP contribution >= 0.6 is 11.6 Å². The van der Waals surface area contributed by atoms with Gasteiger partial charge in [-0.15, -0.1) is 0 Å². The predicted molar refractivity (Wildman–Crippen MR) is 98.6 cm³/mol. The highest BCUT2D eigenvalue weighted by molar-refractivity contribution is 6.30. The molecule has 0 saturated carbocycles. The summed E-state index contributed by atoms with van der Waals surface area (Å²) in [6.45, 7) is 0. The fourth-order valence-electron chi connectivity index (χ4n) is 2.95. The highest BCUT2D eigenvalue weighted by atomic mass is 35.5. The van der Waals surface area contributed by atoms with Crippen molar-refractivity contribution >= 4 is 22.6 Å². The molecule has 0 spiro atoms. The van der Waals surface area contributed by atoms with Crippen LogP contribution in [-0.4, -0.2) is 9.55 Å². The van der Waals surface area contributed by atoms with Crippen molar-refractivity contribution in [2.75, 3.05) is 0 Å². The van der Waals surface area contributed by atoms with Crippen LogP contribution in [0.1, 0.15) is 17.4 Å². The maximum Gasteiger partial charge on any atom is 0.136 e. The van der Waals surface area contributed by atoms with Gasteiger partial charge in [0.1, 0.15) is 5.82 Å². The average molecular weight is 334 g/mol. The van der Waals surface area contributed by atoms with E-state index in [2.05, 4.69) is 22.8 Å². The lowest BCUT2D eigenvalue weighted by atomic mass is 10.1. The zero-order valence-electron chi connectivity index (χ0n) is 12.9. The molecule has 3 nitrogen and oxygen atoms in total. The summed E-state index contributed by atoms with van der Waals surface area (Å²) in [4.78, 5) is 4.79. The van der Waals surface area contributed by atoms with Gasteiger partial charge in [0.25, 0.3) is 0 Å². The van der Waals surface area contributed by atoms with Gasteiger partial charge in [0.05, 0.1) is 17.1 Å². The van der Waals surface area contributed by atoms with Crippen LogP contribution in [0.3, 0.4) is 0 Å². The van der Waals surface area contributed by atoms with Gasteiger partial charge in [0.15, 0.2) is 0 Å². The van der Waals surface area contributed by atoms with Crippen molar-refractivity contribution in [1.82, 2.24) is 9.55 Å². The third-order valence-corrected chi connectivity index (χ3v) is 4.32. The Bertz CT molecular complexity index is 992. The molecule has 4 heteroatoms. The summed E-state index contributed by atoms with van der Waals surface area (Å²) in [5.41, 5.74) is 10.5. The molecule has 2 N–H and O–H groups in total. The van der Waals surface area contributed by atoms with Crippen molar-refractivity contribution in [1.29, 1.82) is 0 Å². The van der Waals surface area contributed by atoms with Crippen LogP contribution in [0, 0.1) is 0 Å². The Kier molecular flexibility index (Phi) is 3.81. The number of fused-ring (bicyclic) bond motifs is 1. The highest BCUT2D eigenvalue weighted by Crippen LogP contribution is 2.28. The molecule has 1 heterocycles. The molecule has 4 rings (SSSR count). The third kappa shape index (κ3) is 2.58. The number of hydrogen-bond acceptors (Lipinski definition) is 2. The second kappa shape index (κ2) is 6.11. The van der Waals surface area contributed by atoms with Crippen molar-refractivity contribution < 1.29 is 0 Å². The number of rotatable bonds is 3. The number of benzene rings is 3. The first-order valence-electron chi connectivity index (χ1n) is 7.78. The fourth-order valence-corrected chi connectivity index (χ4v) is 3.15. The quantitative estimate of drug-likeness (QED) is 0.589. The Balaban J connectivity index is 1.95. The minimum atomic E-state index is -0.365. The topological polar surface area (TPSA) is 43.8 Å². The number of nitrogens with two attached hydrogens (primary N) is 1. The molecule has 1 unspecified atom stereocenters. The van der Waals surface area contributed by atoms with Crippen LogP contribution in [0.2, 0.25) is 5.02 Å². The maximum absolute atomic E-state index is 6.55. The Morgan fingerprint density at radius 1 is 0.875 bits per heavy atom. The van der Waals surface area contributed by atoms with Gasteiger partial charge in [-0.05, 0) is 42.0 Å². The van der Waals surface area contributed by atoms with E-state index in [0.29, 0.717) is 5.02 Å². The van der Waals surface area contributed by atoms with Crippen molar-refractivity contribution in [2.45, 2.75) is 6.04 Å². The second-order valence-electron chi connectivity index (χ2n) is 5.66.